The van der Waals surface area contributed by atoms with Crippen LogP contribution in [0, 0.1) is 0 Å². The number of allylic oxidation sites excluding steroid dienone is 6. The van der Waals surface area contributed by atoms with Crippen molar-refractivity contribution in [1.82, 2.24) is 0 Å². The lowest BCUT2D eigenvalue weighted by molar-refractivity contribution is -0.132. The van der Waals surface area contributed by atoms with E-state index in [1.54, 1.807) is 19.1 Å². The summed E-state index contributed by atoms with van der Waals surface area (Å²) < 4.78 is 0. The molecule has 0 aliphatic carbocycles. The van der Waals surface area contributed by atoms with Crippen LogP contribution in [-0.2, 0) is 4.79 Å². The predicted molar refractivity (Wildman–Crippen MR) is 94.1 cm³/mol. The minimum absolute atomic E-state index is 0.318. The monoisotopic (exact) mass is 297 g/mol. The van der Waals surface area contributed by atoms with Gasteiger partial charge in [0.1, 0.15) is 0 Å². The molecule has 1 rings (SSSR count). The van der Waals surface area contributed by atoms with E-state index in [-0.39, 0.29) is 0 Å². The normalized spacial score (nSPS) is 13.1. The number of hydrogen-bond donors (Lipinski definition) is 1. The van der Waals surface area contributed by atoms with Gasteiger partial charge in [-0.25, -0.2) is 4.79 Å². The molecule has 0 radical (unpaired) electrons. The first-order valence-corrected chi connectivity index (χ1v) is 7.11. The van der Waals surface area contributed by atoms with E-state index in [0.29, 0.717) is 5.57 Å². The topological polar surface area (TPSA) is 40.5 Å². The molecule has 3 heteroatoms. The van der Waals surface area contributed by atoms with Gasteiger partial charge in [-0.15, -0.1) is 0 Å². The molecular formula is C19H23NO2. The fourth-order valence-corrected chi connectivity index (χ4v) is 1.65. The zero-order chi connectivity index (χ0) is 16.5. The van der Waals surface area contributed by atoms with Crippen LogP contribution < -0.4 is 4.90 Å². The van der Waals surface area contributed by atoms with E-state index in [0.717, 1.165) is 11.1 Å². The molecule has 0 heterocycles. The standard InChI is InChI=1S/C19H23NO2/c1-15(7-5-6-8-16(2)19(21)22)9-10-17-11-13-18(14-12-17)20(3)4/h5-14H,1-4H3,(H,21,22). The molecule has 22 heavy (non-hydrogen) atoms. The number of carboxylic acids is 1. The Morgan fingerprint density at radius 3 is 2.18 bits per heavy atom. The lowest BCUT2D eigenvalue weighted by Gasteiger charge is -2.11. The summed E-state index contributed by atoms with van der Waals surface area (Å²) in [5, 5.41) is 8.72. The Morgan fingerprint density at radius 1 is 1.05 bits per heavy atom. The van der Waals surface area contributed by atoms with E-state index in [1.807, 2.05) is 39.2 Å². The lowest BCUT2D eigenvalue weighted by Crippen LogP contribution is -2.07. The molecule has 0 saturated heterocycles. The van der Waals surface area contributed by atoms with Crippen LogP contribution in [0.4, 0.5) is 5.69 Å². The minimum Gasteiger partial charge on any atom is -0.478 e. The van der Waals surface area contributed by atoms with E-state index in [4.69, 9.17) is 5.11 Å². The van der Waals surface area contributed by atoms with E-state index in [2.05, 4.69) is 35.2 Å². The van der Waals surface area contributed by atoms with Crippen LogP contribution in [0.5, 0.6) is 0 Å². The van der Waals surface area contributed by atoms with Gasteiger partial charge >= 0.3 is 5.97 Å². The van der Waals surface area contributed by atoms with Crippen molar-refractivity contribution in [2.45, 2.75) is 13.8 Å². The van der Waals surface area contributed by atoms with Gasteiger partial charge in [-0.1, -0.05) is 54.2 Å². The van der Waals surface area contributed by atoms with Gasteiger partial charge in [0.15, 0.2) is 0 Å². The predicted octanol–water partition coefficient (Wildman–Crippen LogP) is 4.30. The van der Waals surface area contributed by atoms with Gasteiger partial charge in [-0.05, 0) is 31.5 Å². The van der Waals surface area contributed by atoms with Crippen molar-refractivity contribution in [1.29, 1.82) is 0 Å². The number of carboxylic acid groups (broad SMARTS) is 1. The van der Waals surface area contributed by atoms with E-state index in [1.165, 1.54) is 5.69 Å². The van der Waals surface area contributed by atoms with Crippen molar-refractivity contribution in [2.75, 3.05) is 19.0 Å². The number of rotatable bonds is 6. The number of hydrogen-bond acceptors (Lipinski definition) is 2. The maximum atomic E-state index is 10.6. The van der Waals surface area contributed by atoms with Gasteiger partial charge in [0.05, 0.1) is 0 Å². The fraction of sp³-hybridized carbons (Fsp3) is 0.211. The van der Waals surface area contributed by atoms with Crippen molar-refractivity contribution >= 4 is 17.7 Å². The van der Waals surface area contributed by atoms with Crippen LogP contribution in [0.25, 0.3) is 6.08 Å². The summed E-state index contributed by atoms with van der Waals surface area (Å²) in [6.07, 6.45) is 11.2. The molecule has 0 aromatic heterocycles. The fourth-order valence-electron chi connectivity index (χ4n) is 1.65. The van der Waals surface area contributed by atoms with Gasteiger partial charge in [0.25, 0.3) is 0 Å². The highest BCUT2D eigenvalue weighted by molar-refractivity contribution is 5.86. The highest BCUT2D eigenvalue weighted by atomic mass is 16.4. The zero-order valence-corrected chi connectivity index (χ0v) is 13.6. The van der Waals surface area contributed by atoms with Crippen molar-refractivity contribution in [2.24, 2.45) is 0 Å². The first kappa shape index (κ1) is 17.5. The first-order chi connectivity index (χ1) is 10.4. The minimum atomic E-state index is -0.897. The second-order valence-corrected chi connectivity index (χ2v) is 5.27. The smallest absolute Gasteiger partial charge is 0.331 e. The van der Waals surface area contributed by atoms with Crippen molar-refractivity contribution < 1.29 is 9.90 Å². The van der Waals surface area contributed by atoms with Crippen LogP contribution in [0.1, 0.15) is 19.4 Å². The molecule has 0 unspecified atom stereocenters. The summed E-state index contributed by atoms with van der Waals surface area (Å²) in [7, 11) is 4.04. The highest BCUT2D eigenvalue weighted by Gasteiger charge is 1.95. The Morgan fingerprint density at radius 2 is 1.64 bits per heavy atom. The summed E-state index contributed by atoms with van der Waals surface area (Å²) in [5.41, 5.74) is 3.73. The number of nitrogens with zero attached hydrogens (tertiary/aromatic N) is 1. The van der Waals surface area contributed by atoms with Crippen LogP contribution in [-0.4, -0.2) is 25.2 Å². The summed E-state index contributed by atoms with van der Waals surface area (Å²) in [5.74, 6) is -0.897. The Hall–Kier alpha value is -2.55. The molecule has 0 saturated carbocycles. The molecule has 0 aliphatic rings. The maximum Gasteiger partial charge on any atom is 0.331 e. The SMILES string of the molecule is CC(C=Cc1ccc(N(C)C)cc1)=CC=CC=C(C)C(=O)O. The van der Waals surface area contributed by atoms with Crippen molar-refractivity contribution in [3.63, 3.8) is 0 Å². The molecule has 0 bridgehead atoms. The Bertz CT molecular complexity index is 617. The third kappa shape index (κ3) is 6.27. The van der Waals surface area contributed by atoms with Crippen molar-refractivity contribution in [3.8, 4) is 0 Å². The summed E-state index contributed by atoms with van der Waals surface area (Å²) in [6, 6.07) is 8.32. The lowest BCUT2D eigenvalue weighted by atomic mass is 10.1. The van der Waals surface area contributed by atoms with Gasteiger partial charge < -0.3 is 10.0 Å². The molecule has 1 aromatic rings. The summed E-state index contributed by atoms with van der Waals surface area (Å²) in [6.45, 7) is 3.57. The quantitative estimate of drug-likeness (QED) is 0.628. The largest absolute Gasteiger partial charge is 0.478 e. The third-order valence-corrected chi connectivity index (χ3v) is 3.10. The highest BCUT2D eigenvalue weighted by Crippen LogP contribution is 2.13. The summed E-state index contributed by atoms with van der Waals surface area (Å²) in [4.78, 5) is 12.7. The maximum absolute atomic E-state index is 10.6. The number of aliphatic carboxylic acids is 1. The van der Waals surface area contributed by atoms with Crippen LogP contribution >= 0.6 is 0 Å². The average Bonchev–Trinajstić information content (AvgIpc) is 2.49. The Balaban J connectivity index is 2.65. The van der Waals surface area contributed by atoms with Crippen molar-refractivity contribution in [3.05, 3.63) is 71.4 Å². The van der Waals surface area contributed by atoms with Gasteiger partial charge in [0.2, 0.25) is 0 Å². The average molecular weight is 297 g/mol. The van der Waals surface area contributed by atoms with E-state index < -0.39 is 5.97 Å². The molecule has 0 amide bonds. The second-order valence-electron chi connectivity index (χ2n) is 5.27. The molecule has 1 N–H and O–H groups in total. The van der Waals surface area contributed by atoms with E-state index >= 15 is 0 Å². The molecule has 0 aliphatic heterocycles. The molecule has 0 atom stereocenters. The van der Waals surface area contributed by atoms with Gasteiger partial charge in [0, 0.05) is 25.4 Å². The molecular weight excluding hydrogens is 274 g/mol. The van der Waals surface area contributed by atoms with Crippen LogP contribution in [0.2, 0.25) is 0 Å². The van der Waals surface area contributed by atoms with Gasteiger partial charge in [-0.2, -0.15) is 0 Å². The first-order valence-electron chi connectivity index (χ1n) is 7.11. The van der Waals surface area contributed by atoms with Gasteiger partial charge in [-0.3, -0.25) is 0 Å². The molecule has 1 aromatic carbocycles. The number of carbonyl (C=O) groups is 1. The molecule has 0 fully saturated rings. The van der Waals surface area contributed by atoms with Crippen LogP contribution in [0.15, 0.2) is 65.8 Å². The molecule has 116 valence electrons. The van der Waals surface area contributed by atoms with Crippen LogP contribution in [0.3, 0.4) is 0 Å². The zero-order valence-electron chi connectivity index (χ0n) is 13.6. The Labute approximate surface area is 132 Å². The number of benzene rings is 1. The van der Waals surface area contributed by atoms with E-state index in [9.17, 15) is 4.79 Å². The second kappa shape index (κ2) is 8.67. The number of anilines is 1. The molecule has 0 spiro atoms. The summed E-state index contributed by atoms with van der Waals surface area (Å²) >= 11 is 0. The Kier molecular flexibility index (Phi) is 6.90. The third-order valence-electron chi connectivity index (χ3n) is 3.10. The molecule has 3 nitrogen and oxygen atoms in total.